The molecular weight excluding hydrogens is 480 g/mol. The molecule has 2 N–H and O–H groups in total. The summed E-state index contributed by atoms with van der Waals surface area (Å²) in [6.45, 7) is 2.73. The summed E-state index contributed by atoms with van der Waals surface area (Å²) in [4.78, 5) is 26.3. The summed E-state index contributed by atoms with van der Waals surface area (Å²) in [6.07, 6.45) is 12.7. The summed E-state index contributed by atoms with van der Waals surface area (Å²) >= 11 is 0. The molecule has 208 valence electrons. The maximum atomic E-state index is 13.5. The van der Waals surface area contributed by atoms with Crippen LogP contribution in [0.3, 0.4) is 0 Å². The lowest BCUT2D eigenvalue weighted by atomic mass is 9.85. The van der Waals surface area contributed by atoms with Gasteiger partial charge in [0.05, 0.1) is 25.5 Å². The second-order valence-corrected chi connectivity index (χ2v) is 10.8. The van der Waals surface area contributed by atoms with Crippen molar-refractivity contribution in [2.45, 2.75) is 103 Å². The lowest BCUT2D eigenvalue weighted by Crippen LogP contribution is -2.44. The molecule has 8 heteroatoms. The maximum absolute atomic E-state index is 13.5. The lowest BCUT2D eigenvalue weighted by molar-refractivity contribution is -0.122. The standard InChI is InChI=1S/C30H44N4O4/c1-4-18-34-25(29-26(37-2)14-9-15-27(29)38-3)20-24(33-34)30(36)32-23(17-16-21-10-6-5-7-11-21)19-28(35)31-22-12-8-13-22/h9,14-15,20-23H,4-8,10-13,16-19H2,1-3H3,(H,31,35)(H,32,36)/t23-/m0/s1. The van der Waals surface area contributed by atoms with Crippen LogP contribution in [0, 0.1) is 5.92 Å². The van der Waals surface area contributed by atoms with Crippen molar-refractivity contribution in [1.29, 1.82) is 0 Å². The van der Waals surface area contributed by atoms with Crippen LogP contribution in [-0.2, 0) is 11.3 Å². The zero-order valence-corrected chi connectivity index (χ0v) is 23.3. The summed E-state index contributed by atoms with van der Waals surface area (Å²) in [5.41, 5.74) is 1.88. The molecule has 0 spiro atoms. The molecule has 0 aliphatic heterocycles. The van der Waals surface area contributed by atoms with Crippen molar-refractivity contribution < 1.29 is 19.1 Å². The van der Waals surface area contributed by atoms with E-state index in [2.05, 4.69) is 22.7 Å². The molecule has 2 fully saturated rings. The van der Waals surface area contributed by atoms with E-state index in [-0.39, 0.29) is 17.9 Å². The first kappa shape index (κ1) is 28.0. The van der Waals surface area contributed by atoms with Crippen molar-refractivity contribution in [3.8, 4) is 22.8 Å². The van der Waals surface area contributed by atoms with Gasteiger partial charge in [0, 0.05) is 25.0 Å². The van der Waals surface area contributed by atoms with Gasteiger partial charge in [-0.2, -0.15) is 5.10 Å². The summed E-state index contributed by atoms with van der Waals surface area (Å²) in [5.74, 6) is 1.78. The van der Waals surface area contributed by atoms with E-state index < -0.39 is 0 Å². The number of nitrogens with one attached hydrogen (secondary N) is 2. The van der Waals surface area contributed by atoms with E-state index in [1.165, 1.54) is 38.5 Å². The van der Waals surface area contributed by atoms with Crippen LogP contribution in [-0.4, -0.2) is 47.9 Å². The molecule has 1 aromatic heterocycles. The number of benzene rings is 1. The highest BCUT2D eigenvalue weighted by Gasteiger charge is 2.26. The van der Waals surface area contributed by atoms with Crippen LogP contribution >= 0.6 is 0 Å². The van der Waals surface area contributed by atoms with Crippen molar-refractivity contribution in [3.05, 3.63) is 30.0 Å². The predicted molar refractivity (Wildman–Crippen MR) is 149 cm³/mol. The number of rotatable bonds is 13. The highest BCUT2D eigenvalue weighted by Crippen LogP contribution is 2.38. The Morgan fingerprint density at radius 2 is 1.76 bits per heavy atom. The minimum Gasteiger partial charge on any atom is -0.496 e. The normalized spacial score (nSPS) is 16.9. The van der Waals surface area contributed by atoms with Gasteiger partial charge in [0.1, 0.15) is 11.5 Å². The number of aromatic nitrogens is 2. The smallest absolute Gasteiger partial charge is 0.272 e. The van der Waals surface area contributed by atoms with E-state index in [1.807, 2.05) is 22.9 Å². The Balaban J connectivity index is 1.52. The molecule has 2 amide bonds. The predicted octanol–water partition coefficient (Wildman–Crippen LogP) is 5.50. The van der Waals surface area contributed by atoms with Gasteiger partial charge in [-0.05, 0) is 62.6 Å². The van der Waals surface area contributed by atoms with Crippen LogP contribution in [0.4, 0.5) is 0 Å². The number of carbonyl (C=O) groups is 2. The second kappa shape index (κ2) is 13.7. The Morgan fingerprint density at radius 3 is 2.37 bits per heavy atom. The van der Waals surface area contributed by atoms with E-state index in [0.717, 1.165) is 43.4 Å². The fourth-order valence-electron chi connectivity index (χ4n) is 5.68. The fourth-order valence-corrected chi connectivity index (χ4v) is 5.68. The van der Waals surface area contributed by atoms with Crippen molar-refractivity contribution in [1.82, 2.24) is 20.4 Å². The Labute approximate surface area is 226 Å². The topological polar surface area (TPSA) is 94.5 Å². The Hall–Kier alpha value is -3.03. The van der Waals surface area contributed by atoms with E-state index >= 15 is 0 Å². The van der Waals surface area contributed by atoms with Gasteiger partial charge in [0.25, 0.3) is 5.91 Å². The number of amides is 2. The monoisotopic (exact) mass is 524 g/mol. The zero-order valence-electron chi connectivity index (χ0n) is 23.3. The van der Waals surface area contributed by atoms with Crippen LogP contribution in [0.25, 0.3) is 11.3 Å². The van der Waals surface area contributed by atoms with E-state index in [4.69, 9.17) is 9.47 Å². The van der Waals surface area contributed by atoms with Gasteiger partial charge in [-0.25, -0.2) is 0 Å². The quantitative estimate of drug-likeness (QED) is 0.361. The first-order valence-corrected chi connectivity index (χ1v) is 14.4. The fraction of sp³-hybridized carbons (Fsp3) is 0.633. The SMILES string of the molecule is CCCn1nc(C(=O)N[C@@H](CCC2CCCCC2)CC(=O)NC2CCC2)cc1-c1c(OC)cccc1OC. The molecule has 2 aromatic rings. The highest BCUT2D eigenvalue weighted by atomic mass is 16.5. The van der Waals surface area contributed by atoms with Crippen LogP contribution in [0.2, 0.25) is 0 Å². The number of hydrogen-bond donors (Lipinski definition) is 2. The maximum Gasteiger partial charge on any atom is 0.272 e. The number of ether oxygens (including phenoxy) is 2. The van der Waals surface area contributed by atoms with Crippen LogP contribution < -0.4 is 20.1 Å². The Kier molecular flexibility index (Phi) is 10.1. The molecule has 2 aliphatic carbocycles. The summed E-state index contributed by atoms with van der Waals surface area (Å²) < 4.78 is 13.1. The van der Waals surface area contributed by atoms with Gasteiger partial charge in [-0.3, -0.25) is 14.3 Å². The highest BCUT2D eigenvalue weighted by molar-refractivity contribution is 5.94. The number of aryl methyl sites for hydroxylation is 1. The minimum atomic E-state index is -0.250. The second-order valence-electron chi connectivity index (χ2n) is 10.8. The summed E-state index contributed by atoms with van der Waals surface area (Å²) in [6, 6.07) is 7.51. The largest absolute Gasteiger partial charge is 0.496 e. The first-order chi connectivity index (χ1) is 18.5. The van der Waals surface area contributed by atoms with Gasteiger partial charge in [0.2, 0.25) is 5.91 Å². The molecule has 1 heterocycles. The molecule has 0 radical (unpaired) electrons. The molecule has 4 rings (SSSR count). The number of carbonyl (C=O) groups excluding carboxylic acids is 2. The molecule has 38 heavy (non-hydrogen) atoms. The zero-order chi connectivity index (χ0) is 26.9. The van der Waals surface area contributed by atoms with Crippen molar-refractivity contribution in [2.24, 2.45) is 5.92 Å². The Bertz CT molecular complexity index is 1050. The van der Waals surface area contributed by atoms with E-state index in [9.17, 15) is 9.59 Å². The van der Waals surface area contributed by atoms with Gasteiger partial charge in [-0.15, -0.1) is 0 Å². The number of nitrogens with zero attached hydrogens (tertiary/aromatic N) is 2. The number of methoxy groups -OCH3 is 2. The number of hydrogen-bond acceptors (Lipinski definition) is 5. The molecule has 2 aliphatic rings. The van der Waals surface area contributed by atoms with Gasteiger partial charge < -0.3 is 20.1 Å². The van der Waals surface area contributed by atoms with Crippen molar-refractivity contribution in [2.75, 3.05) is 14.2 Å². The lowest BCUT2D eigenvalue weighted by Gasteiger charge is -2.28. The van der Waals surface area contributed by atoms with Gasteiger partial charge in [-0.1, -0.05) is 45.1 Å². The molecular formula is C30H44N4O4. The molecule has 0 saturated heterocycles. The van der Waals surface area contributed by atoms with E-state index in [1.54, 1.807) is 20.3 Å². The first-order valence-electron chi connectivity index (χ1n) is 14.4. The minimum absolute atomic E-state index is 0.0274. The molecule has 1 aromatic carbocycles. The molecule has 1 atom stereocenters. The third kappa shape index (κ3) is 7.08. The van der Waals surface area contributed by atoms with Crippen molar-refractivity contribution >= 4 is 11.8 Å². The average molecular weight is 525 g/mol. The molecule has 8 nitrogen and oxygen atoms in total. The van der Waals surface area contributed by atoms with Crippen LogP contribution in [0.1, 0.15) is 94.5 Å². The summed E-state index contributed by atoms with van der Waals surface area (Å²) in [5, 5.41) is 11.0. The third-order valence-electron chi connectivity index (χ3n) is 8.02. The van der Waals surface area contributed by atoms with Crippen molar-refractivity contribution in [3.63, 3.8) is 0 Å². The van der Waals surface area contributed by atoms with Crippen LogP contribution in [0.5, 0.6) is 11.5 Å². The molecule has 0 unspecified atom stereocenters. The van der Waals surface area contributed by atoms with Gasteiger partial charge >= 0.3 is 0 Å². The molecule has 0 bridgehead atoms. The van der Waals surface area contributed by atoms with E-state index in [0.29, 0.717) is 42.1 Å². The summed E-state index contributed by atoms with van der Waals surface area (Å²) in [7, 11) is 3.25. The van der Waals surface area contributed by atoms with Gasteiger partial charge in [0.15, 0.2) is 5.69 Å². The Morgan fingerprint density at radius 1 is 1.05 bits per heavy atom. The molecule has 2 saturated carbocycles. The average Bonchev–Trinajstić information content (AvgIpc) is 3.33. The van der Waals surface area contributed by atoms with Crippen LogP contribution in [0.15, 0.2) is 24.3 Å². The third-order valence-corrected chi connectivity index (χ3v) is 8.02.